The highest BCUT2D eigenvalue weighted by molar-refractivity contribution is 5.78. The van der Waals surface area contributed by atoms with Crippen LogP contribution in [-0.4, -0.2) is 28.6 Å². The summed E-state index contributed by atoms with van der Waals surface area (Å²) in [5.41, 5.74) is -0.173. The first-order valence-corrected chi connectivity index (χ1v) is 9.50. The lowest BCUT2D eigenvalue weighted by molar-refractivity contribution is -0.291. The first kappa shape index (κ1) is 18.7. The zero-order valence-electron chi connectivity index (χ0n) is 16.5. The number of hydrogen-bond donors (Lipinski definition) is 0. The minimum absolute atomic E-state index is 0.284. The van der Waals surface area contributed by atoms with Crippen molar-refractivity contribution in [1.82, 2.24) is 0 Å². The van der Waals surface area contributed by atoms with Gasteiger partial charge in [-0.15, -0.1) is 0 Å². The van der Waals surface area contributed by atoms with Crippen LogP contribution in [0.3, 0.4) is 0 Å². The normalized spacial score (nSPS) is 35.0. The third-order valence-corrected chi connectivity index (χ3v) is 4.89. The lowest BCUT2D eigenvalue weighted by Gasteiger charge is -2.46. The zero-order chi connectivity index (χ0) is 18.5. The SMILES string of the molecule is CC(C)(C)OC(=O)[C@H]1C=C2CCCCC[C@@]23C=C[C@]1(OC(C)(C)C)O3. The van der Waals surface area contributed by atoms with E-state index in [1.165, 1.54) is 12.0 Å². The Morgan fingerprint density at radius 1 is 1.08 bits per heavy atom. The van der Waals surface area contributed by atoms with E-state index in [1.807, 2.05) is 47.6 Å². The Balaban J connectivity index is 2.02. The molecule has 3 rings (SSSR count). The van der Waals surface area contributed by atoms with Crippen molar-refractivity contribution in [1.29, 1.82) is 0 Å². The third kappa shape index (κ3) is 3.70. The summed E-state index contributed by atoms with van der Waals surface area (Å²) in [5, 5.41) is 0. The predicted molar refractivity (Wildman–Crippen MR) is 97.0 cm³/mol. The number of rotatable bonds is 2. The molecule has 1 saturated carbocycles. The molecule has 2 aliphatic heterocycles. The molecule has 0 amide bonds. The number of ether oxygens (including phenoxy) is 3. The van der Waals surface area contributed by atoms with Crippen LogP contribution in [0.4, 0.5) is 0 Å². The van der Waals surface area contributed by atoms with Gasteiger partial charge in [-0.1, -0.05) is 12.5 Å². The Labute approximate surface area is 151 Å². The van der Waals surface area contributed by atoms with E-state index in [1.54, 1.807) is 0 Å². The molecule has 1 aliphatic carbocycles. The maximum atomic E-state index is 13.0. The third-order valence-electron chi connectivity index (χ3n) is 4.89. The van der Waals surface area contributed by atoms with Crippen LogP contribution in [0, 0.1) is 5.92 Å². The molecule has 140 valence electrons. The summed E-state index contributed by atoms with van der Waals surface area (Å²) in [6, 6.07) is 0. The van der Waals surface area contributed by atoms with Gasteiger partial charge in [-0.05, 0) is 85.0 Å². The van der Waals surface area contributed by atoms with Crippen molar-refractivity contribution in [2.45, 2.75) is 96.2 Å². The first-order chi connectivity index (χ1) is 11.4. The molecule has 0 unspecified atom stereocenters. The zero-order valence-corrected chi connectivity index (χ0v) is 16.5. The summed E-state index contributed by atoms with van der Waals surface area (Å²) in [6.07, 6.45) is 11.5. The van der Waals surface area contributed by atoms with E-state index in [-0.39, 0.29) is 5.97 Å². The number of carbonyl (C=O) groups excluding carboxylic acids is 1. The van der Waals surface area contributed by atoms with Crippen molar-refractivity contribution in [2.24, 2.45) is 5.92 Å². The van der Waals surface area contributed by atoms with E-state index < -0.39 is 28.5 Å². The van der Waals surface area contributed by atoms with Crippen LogP contribution in [0.5, 0.6) is 0 Å². The molecule has 0 saturated heterocycles. The van der Waals surface area contributed by atoms with E-state index in [2.05, 4.69) is 12.2 Å². The lowest BCUT2D eigenvalue weighted by atomic mass is 9.84. The summed E-state index contributed by atoms with van der Waals surface area (Å²) in [6.45, 7) is 11.6. The number of hydrogen-bond acceptors (Lipinski definition) is 4. The van der Waals surface area contributed by atoms with Crippen molar-refractivity contribution in [2.75, 3.05) is 0 Å². The minimum Gasteiger partial charge on any atom is -0.459 e. The van der Waals surface area contributed by atoms with E-state index in [9.17, 15) is 4.79 Å². The van der Waals surface area contributed by atoms with Gasteiger partial charge in [0.2, 0.25) is 5.79 Å². The molecule has 0 aromatic carbocycles. The Morgan fingerprint density at radius 3 is 2.44 bits per heavy atom. The van der Waals surface area contributed by atoms with Gasteiger partial charge in [0.05, 0.1) is 5.60 Å². The highest BCUT2D eigenvalue weighted by atomic mass is 16.7. The molecule has 25 heavy (non-hydrogen) atoms. The Hall–Kier alpha value is -1.13. The van der Waals surface area contributed by atoms with E-state index >= 15 is 0 Å². The monoisotopic (exact) mass is 348 g/mol. The van der Waals surface area contributed by atoms with Crippen LogP contribution in [0.2, 0.25) is 0 Å². The average Bonchev–Trinajstić information content (AvgIpc) is 2.59. The van der Waals surface area contributed by atoms with Gasteiger partial charge in [-0.2, -0.15) is 0 Å². The second-order valence-electron chi connectivity index (χ2n) is 9.52. The van der Waals surface area contributed by atoms with Crippen LogP contribution in [0.25, 0.3) is 0 Å². The standard InChI is InChI=1S/C21H32O4/c1-18(2,3)23-17(22)16-14-15-10-8-7-9-11-20(15)12-13-21(16,25-20)24-19(4,5)6/h12-14,16H,7-11H2,1-6H3/t16-,20-,21+/m1/s1. The largest absolute Gasteiger partial charge is 0.459 e. The minimum atomic E-state index is -1.07. The molecule has 0 aromatic rings. The highest BCUT2D eigenvalue weighted by Crippen LogP contribution is 2.53. The molecule has 1 spiro atoms. The topological polar surface area (TPSA) is 44.8 Å². The maximum absolute atomic E-state index is 13.0. The summed E-state index contributed by atoms with van der Waals surface area (Å²) in [4.78, 5) is 13.0. The van der Waals surface area contributed by atoms with Gasteiger partial charge in [0.1, 0.15) is 17.1 Å². The molecule has 3 aliphatic rings. The van der Waals surface area contributed by atoms with Crippen LogP contribution >= 0.6 is 0 Å². The van der Waals surface area contributed by atoms with Gasteiger partial charge in [-0.25, -0.2) is 0 Å². The summed E-state index contributed by atoms with van der Waals surface area (Å²) in [5.74, 6) is -1.94. The average molecular weight is 348 g/mol. The molecule has 1 fully saturated rings. The van der Waals surface area contributed by atoms with Gasteiger partial charge in [0.25, 0.3) is 0 Å². The van der Waals surface area contributed by atoms with E-state index in [0.717, 1.165) is 25.7 Å². The molecule has 0 aromatic heterocycles. The van der Waals surface area contributed by atoms with Crippen molar-refractivity contribution < 1.29 is 19.0 Å². The fourth-order valence-corrected chi connectivity index (χ4v) is 4.07. The Bertz CT molecular complexity index is 604. The second kappa shape index (κ2) is 5.95. The predicted octanol–water partition coefficient (Wildman–Crippen LogP) is 4.69. The molecule has 3 atom stereocenters. The molecular weight excluding hydrogens is 316 g/mol. The molecule has 4 nitrogen and oxygen atoms in total. The summed E-state index contributed by atoms with van der Waals surface area (Å²) in [7, 11) is 0. The molecule has 0 N–H and O–H groups in total. The highest BCUT2D eigenvalue weighted by Gasteiger charge is 2.59. The Morgan fingerprint density at radius 2 is 1.80 bits per heavy atom. The van der Waals surface area contributed by atoms with Crippen molar-refractivity contribution in [3.63, 3.8) is 0 Å². The smallest absolute Gasteiger partial charge is 0.319 e. The second-order valence-corrected chi connectivity index (χ2v) is 9.52. The molecular formula is C21H32O4. The van der Waals surface area contributed by atoms with E-state index in [4.69, 9.17) is 14.2 Å². The van der Waals surface area contributed by atoms with Crippen LogP contribution in [0.1, 0.15) is 73.6 Å². The van der Waals surface area contributed by atoms with E-state index in [0.29, 0.717) is 0 Å². The van der Waals surface area contributed by atoms with Gasteiger partial charge in [0, 0.05) is 0 Å². The van der Waals surface area contributed by atoms with Crippen LogP contribution in [0.15, 0.2) is 23.8 Å². The van der Waals surface area contributed by atoms with Gasteiger partial charge >= 0.3 is 5.97 Å². The Kier molecular flexibility index (Phi) is 4.44. The van der Waals surface area contributed by atoms with Gasteiger partial charge < -0.3 is 14.2 Å². The van der Waals surface area contributed by atoms with Crippen LogP contribution < -0.4 is 0 Å². The first-order valence-electron chi connectivity index (χ1n) is 9.50. The van der Waals surface area contributed by atoms with Crippen LogP contribution in [-0.2, 0) is 19.0 Å². The maximum Gasteiger partial charge on any atom is 0.319 e. The fraction of sp³-hybridized carbons (Fsp3) is 0.762. The lowest BCUT2D eigenvalue weighted by Crippen LogP contribution is -2.54. The van der Waals surface area contributed by atoms with Crippen molar-refractivity contribution >= 4 is 5.97 Å². The molecule has 4 heteroatoms. The molecule has 0 radical (unpaired) electrons. The number of carbonyl (C=O) groups is 1. The van der Waals surface area contributed by atoms with Crippen molar-refractivity contribution in [3.8, 4) is 0 Å². The van der Waals surface area contributed by atoms with Crippen molar-refractivity contribution in [3.05, 3.63) is 23.8 Å². The van der Waals surface area contributed by atoms with Gasteiger partial charge in [0.15, 0.2) is 0 Å². The summed E-state index contributed by atoms with van der Waals surface area (Å²) < 4.78 is 18.6. The van der Waals surface area contributed by atoms with Gasteiger partial charge in [-0.3, -0.25) is 4.79 Å². The number of fused-ring (bicyclic) bond motifs is 1. The quantitative estimate of drug-likeness (QED) is 0.537. The molecule has 2 bridgehead atoms. The number of esters is 1. The fourth-order valence-electron chi connectivity index (χ4n) is 4.07. The molecule has 2 heterocycles. The summed E-state index contributed by atoms with van der Waals surface area (Å²) >= 11 is 0.